The van der Waals surface area contributed by atoms with Gasteiger partial charge in [-0.15, -0.1) is 0 Å². The highest BCUT2D eigenvalue weighted by atomic mass is 32.2. The largest absolute Gasteiger partial charge is 0.772 e. The van der Waals surface area contributed by atoms with Crippen LogP contribution in [0.2, 0.25) is 0 Å². The van der Waals surface area contributed by atoms with E-state index in [0.717, 1.165) is 19.3 Å². The number of hydrogen-bond donors (Lipinski definition) is 1. The molecular formula is C8H17O3S-. The molecule has 0 heterocycles. The number of hydrogen-bond acceptors (Lipinski definition) is 3. The van der Waals surface area contributed by atoms with Gasteiger partial charge in [-0.2, -0.15) is 0 Å². The molecule has 0 aromatic rings. The third-order valence-electron chi connectivity index (χ3n) is 1.84. The van der Waals surface area contributed by atoms with E-state index in [9.17, 15) is 8.76 Å². The van der Waals surface area contributed by atoms with Gasteiger partial charge in [0.2, 0.25) is 0 Å². The van der Waals surface area contributed by atoms with Crippen LogP contribution in [0.4, 0.5) is 0 Å². The summed E-state index contributed by atoms with van der Waals surface area (Å²) in [5, 5.41) is 8.27. The fourth-order valence-corrected chi connectivity index (χ4v) is 1.81. The average Bonchev–Trinajstić information content (AvgIpc) is 2.04. The molecule has 0 aliphatic carbocycles. The van der Waals surface area contributed by atoms with Crippen molar-refractivity contribution in [3.63, 3.8) is 0 Å². The van der Waals surface area contributed by atoms with Gasteiger partial charge in [-0.1, -0.05) is 30.8 Å². The van der Waals surface area contributed by atoms with Gasteiger partial charge in [0.05, 0.1) is 0 Å². The molecule has 0 saturated carbocycles. The van der Waals surface area contributed by atoms with Crippen molar-refractivity contribution in [1.29, 1.82) is 0 Å². The molecule has 0 spiro atoms. The Labute approximate surface area is 76.5 Å². The summed E-state index contributed by atoms with van der Waals surface area (Å²) in [6.07, 6.45) is 3.87. The fraction of sp³-hybridized carbons (Fsp3) is 1.00. The molecule has 2 unspecified atom stereocenters. The molecule has 12 heavy (non-hydrogen) atoms. The molecule has 0 bridgehead atoms. The van der Waals surface area contributed by atoms with Gasteiger partial charge in [0.1, 0.15) is 0 Å². The van der Waals surface area contributed by atoms with E-state index in [1.165, 1.54) is 0 Å². The molecular weight excluding hydrogens is 176 g/mol. The zero-order valence-electron chi connectivity index (χ0n) is 7.49. The summed E-state index contributed by atoms with van der Waals surface area (Å²) in [5.41, 5.74) is 0. The standard InChI is InChI=1S/C8H18O3S/c1-2-3-5-8(12(10)11)6-4-7-9/h8-9H,2-7H2,1H3,(H,10,11)/p-1. The molecule has 0 radical (unpaired) electrons. The van der Waals surface area contributed by atoms with E-state index < -0.39 is 11.1 Å². The topological polar surface area (TPSA) is 60.4 Å². The van der Waals surface area contributed by atoms with Crippen molar-refractivity contribution in [2.24, 2.45) is 0 Å². The van der Waals surface area contributed by atoms with Gasteiger partial charge in [0.25, 0.3) is 0 Å². The van der Waals surface area contributed by atoms with Gasteiger partial charge < -0.3 is 9.66 Å². The van der Waals surface area contributed by atoms with E-state index in [4.69, 9.17) is 5.11 Å². The Kier molecular flexibility index (Phi) is 7.75. The molecule has 0 aliphatic rings. The number of rotatable bonds is 7. The second kappa shape index (κ2) is 7.71. The van der Waals surface area contributed by atoms with Crippen LogP contribution in [0.25, 0.3) is 0 Å². The number of aliphatic hydroxyl groups is 1. The Morgan fingerprint density at radius 1 is 1.42 bits per heavy atom. The van der Waals surface area contributed by atoms with Crippen LogP contribution in [0.15, 0.2) is 0 Å². The lowest BCUT2D eigenvalue weighted by molar-refractivity contribution is 0.282. The van der Waals surface area contributed by atoms with E-state index in [2.05, 4.69) is 0 Å². The highest BCUT2D eigenvalue weighted by molar-refractivity contribution is 7.79. The van der Waals surface area contributed by atoms with Crippen molar-refractivity contribution in [3.05, 3.63) is 0 Å². The third kappa shape index (κ3) is 5.69. The van der Waals surface area contributed by atoms with Crippen LogP contribution in [-0.2, 0) is 11.1 Å². The molecule has 0 rings (SSSR count). The van der Waals surface area contributed by atoms with Crippen molar-refractivity contribution in [1.82, 2.24) is 0 Å². The van der Waals surface area contributed by atoms with Crippen molar-refractivity contribution in [2.45, 2.75) is 44.3 Å². The second-order valence-corrected chi connectivity index (χ2v) is 4.08. The molecule has 3 nitrogen and oxygen atoms in total. The molecule has 74 valence electrons. The maximum absolute atomic E-state index is 10.6. The van der Waals surface area contributed by atoms with E-state index in [0.29, 0.717) is 12.8 Å². The van der Waals surface area contributed by atoms with Crippen molar-refractivity contribution in [2.75, 3.05) is 6.61 Å². The van der Waals surface area contributed by atoms with Gasteiger partial charge in [0.15, 0.2) is 0 Å². The first kappa shape index (κ1) is 12.1. The molecule has 4 heteroatoms. The van der Waals surface area contributed by atoms with E-state index in [-0.39, 0.29) is 11.9 Å². The monoisotopic (exact) mass is 193 g/mol. The van der Waals surface area contributed by atoms with Crippen LogP contribution in [0.5, 0.6) is 0 Å². The minimum absolute atomic E-state index is 0.0832. The Bertz CT molecular complexity index is 119. The molecule has 0 amide bonds. The van der Waals surface area contributed by atoms with Gasteiger partial charge in [-0.05, 0) is 19.3 Å². The molecule has 0 aromatic heterocycles. The molecule has 0 aliphatic heterocycles. The molecule has 2 atom stereocenters. The van der Waals surface area contributed by atoms with Crippen LogP contribution >= 0.6 is 0 Å². The Morgan fingerprint density at radius 2 is 2.00 bits per heavy atom. The summed E-state index contributed by atoms with van der Waals surface area (Å²) >= 11 is -1.97. The Morgan fingerprint density at radius 3 is 2.42 bits per heavy atom. The van der Waals surface area contributed by atoms with Crippen LogP contribution in [0, 0.1) is 0 Å². The first-order valence-corrected chi connectivity index (χ1v) is 5.55. The van der Waals surface area contributed by atoms with Gasteiger partial charge in [-0.3, -0.25) is 4.21 Å². The van der Waals surface area contributed by atoms with Crippen molar-refractivity contribution < 1.29 is 13.9 Å². The second-order valence-electron chi connectivity index (χ2n) is 2.89. The number of unbranched alkanes of at least 4 members (excludes halogenated alkanes) is 1. The van der Waals surface area contributed by atoms with Crippen LogP contribution in [0.1, 0.15) is 39.0 Å². The lowest BCUT2D eigenvalue weighted by atomic mass is 10.1. The quantitative estimate of drug-likeness (QED) is 0.618. The zero-order valence-corrected chi connectivity index (χ0v) is 8.31. The van der Waals surface area contributed by atoms with Crippen LogP contribution in [0.3, 0.4) is 0 Å². The normalized spacial score (nSPS) is 15.9. The van der Waals surface area contributed by atoms with Crippen LogP contribution < -0.4 is 0 Å². The van der Waals surface area contributed by atoms with Crippen molar-refractivity contribution >= 4 is 11.1 Å². The predicted molar refractivity (Wildman–Crippen MR) is 48.6 cm³/mol. The molecule has 0 saturated heterocycles. The summed E-state index contributed by atoms with van der Waals surface area (Å²) in [4.78, 5) is 0. The first-order chi connectivity index (χ1) is 5.72. The summed E-state index contributed by atoms with van der Waals surface area (Å²) in [6, 6.07) is 0. The van der Waals surface area contributed by atoms with Crippen molar-refractivity contribution in [3.8, 4) is 0 Å². The number of aliphatic hydroxyl groups excluding tert-OH is 1. The lowest BCUT2D eigenvalue weighted by Crippen LogP contribution is -2.15. The minimum Gasteiger partial charge on any atom is -0.772 e. The Balaban J connectivity index is 3.62. The zero-order chi connectivity index (χ0) is 9.40. The van der Waals surface area contributed by atoms with E-state index in [1.54, 1.807) is 0 Å². The van der Waals surface area contributed by atoms with Gasteiger partial charge in [0, 0.05) is 11.9 Å². The molecule has 1 N–H and O–H groups in total. The van der Waals surface area contributed by atoms with Crippen LogP contribution in [-0.4, -0.2) is 25.7 Å². The van der Waals surface area contributed by atoms with Gasteiger partial charge in [-0.25, -0.2) is 0 Å². The summed E-state index contributed by atoms with van der Waals surface area (Å²) in [6.45, 7) is 2.12. The summed E-state index contributed by atoms with van der Waals surface area (Å²) in [5.74, 6) is 0. The first-order valence-electron chi connectivity index (χ1n) is 4.41. The fourth-order valence-electron chi connectivity index (χ4n) is 1.09. The summed E-state index contributed by atoms with van der Waals surface area (Å²) in [7, 11) is 0. The smallest absolute Gasteiger partial charge is 0.0431 e. The molecule has 0 fully saturated rings. The maximum Gasteiger partial charge on any atom is 0.0431 e. The van der Waals surface area contributed by atoms with E-state index in [1.807, 2.05) is 6.92 Å². The lowest BCUT2D eigenvalue weighted by Gasteiger charge is -2.18. The van der Waals surface area contributed by atoms with E-state index >= 15 is 0 Å². The maximum atomic E-state index is 10.6. The minimum atomic E-state index is -1.97. The predicted octanol–water partition coefficient (Wildman–Crippen LogP) is 1.20. The average molecular weight is 193 g/mol. The molecule has 0 aromatic carbocycles. The Hall–Kier alpha value is 0.0700. The van der Waals surface area contributed by atoms with Gasteiger partial charge >= 0.3 is 0 Å². The highest BCUT2D eigenvalue weighted by Gasteiger charge is 2.07. The summed E-state index contributed by atoms with van der Waals surface area (Å²) < 4.78 is 21.3. The SMILES string of the molecule is CCCCC(CCCO)S(=O)[O-]. The third-order valence-corrected chi connectivity index (χ3v) is 2.85. The highest BCUT2D eigenvalue weighted by Crippen LogP contribution is 2.11.